The quantitative estimate of drug-likeness (QED) is 0.460. The first-order valence-electron chi connectivity index (χ1n) is 6.79. The standard InChI is InChI=1S/C13H22BrNO4/c1-3-4-5-6-10(14)12-11(19-9(2)16)7-8-18-13(17)15-12/h10-12H,3-8H2,1-2H3,(H,15,17)/t10-,11+,12+/m0/s1. The molecule has 110 valence electrons. The summed E-state index contributed by atoms with van der Waals surface area (Å²) in [7, 11) is 0. The average Bonchev–Trinajstić information content (AvgIpc) is 2.51. The van der Waals surface area contributed by atoms with E-state index < -0.39 is 6.09 Å². The molecule has 19 heavy (non-hydrogen) atoms. The Morgan fingerprint density at radius 2 is 2.32 bits per heavy atom. The molecule has 0 unspecified atom stereocenters. The highest BCUT2D eigenvalue weighted by Gasteiger charge is 2.34. The van der Waals surface area contributed by atoms with Crippen molar-refractivity contribution in [2.24, 2.45) is 0 Å². The lowest BCUT2D eigenvalue weighted by atomic mass is 10.0. The van der Waals surface area contributed by atoms with Gasteiger partial charge < -0.3 is 14.8 Å². The van der Waals surface area contributed by atoms with Crippen molar-refractivity contribution in [1.82, 2.24) is 5.32 Å². The summed E-state index contributed by atoms with van der Waals surface area (Å²) in [6.07, 6.45) is 4.04. The van der Waals surface area contributed by atoms with Crippen LogP contribution in [0.3, 0.4) is 0 Å². The zero-order chi connectivity index (χ0) is 14.3. The van der Waals surface area contributed by atoms with Crippen LogP contribution in [0.15, 0.2) is 0 Å². The Morgan fingerprint density at radius 3 is 2.95 bits per heavy atom. The van der Waals surface area contributed by atoms with Gasteiger partial charge in [-0.3, -0.25) is 4.79 Å². The van der Waals surface area contributed by atoms with Crippen molar-refractivity contribution < 1.29 is 19.1 Å². The zero-order valence-electron chi connectivity index (χ0n) is 11.5. The van der Waals surface area contributed by atoms with Gasteiger partial charge in [-0.25, -0.2) is 4.79 Å². The molecule has 0 aromatic rings. The number of nitrogens with one attached hydrogen (secondary N) is 1. The number of rotatable bonds is 6. The summed E-state index contributed by atoms with van der Waals surface area (Å²) in [5.74, 6) is -0.334. The van der Waals surface area contributed by atoms with Gasteiger partial charge in [-0.2, -0.15) is 0 Å². The summed E-state index contributed by atoms with van der Waals surface area (Å²) in [6, 6.07) is -0.240. The van der Waals surface area contributed by atoms with Gasteiger partial charge in [0.15, 0.2) is 0 Å². The molecule has 1 amide bonds. The predicted molar refractivity (Wildman–Crippen MR) is 75.3 cm³/mol. The number of cyclic esters (lactones) is 1. The fourth-order valence-electron chi connectivity index (χ4n) is 2.16. The summed E-state index contributed by atoms with van der Waals surface area (Å²) >= 11 is 3.60. The molecule has 1 saturated heterocycles. The van der Waals surface area contributed by atoms with E-state index in [2.05, 4.69) is 28.2 Å². The Morgan fingerprint density at radius 1 is 1.58 bits per heavy atom. The number of hydrogen-bond acceptors (Lipinski definition) is 4. The minimum Gasteiger partial charge on any atom is -0.460 e. The molecule has 1 fully saturated rings. The molecule has 1 N–H and O–H groups in total. The lowest BCUT2D eigenvalue weighted by Crippen LogP contribution is -2.48. The lowest BCUT2D eigenvalue weighted by molar-refractivity contribution is -0.148. The van der Waals surface area contributed by atoms with E-state index in [1.54, 1.807) is 0 Å². The molecule has 6 heteroatoms. The number of ether oxygens (including phenoxy) is 2. The maximum atomic E-state index is 11.5. The number of esters is 1. The van der Waals surface area contributed by atoms with Gasteiger partial charge in [-0.15, -0.1) is 0 Å². The minimum atomic E-state index is -0.445. The van der Waals surface area contributed by atoms with E-state index in [4.69, 9.17) is 9.47 Å². The van der Waals surface area contributed by atoms with Crippen molar-refractivity contribution >= 4 is 28.0 Å². The number of amides is 1. The van der Waals surface area contributed by atoms with Gasteiger partial charge in [-0.1, -0.05) is 42.1 Å². The number of carbonyl (C=O) groups is 2. The van der Waals surface area contributed by atoms with Crippen molar-refractivity contribution in [3.63, 3.8) is 0 Å². The SMILES string of the molecule is CCCCC[C@H](Br)[C@H]1NC(=O)OCC[C@H]1OC(C)=O. The molecule has 1 rings (SSSR count). The molecule has 0 aromatic carbocycles. The lowest BCUT2D eigenvalue weighted by Gasteiger charge is -2.28. The molecule has 0 radical (unpaired) electrons. The van der Waals surface area contributed by atoms with Gasteiger partial charge in [0.25, 0.3) is 0 Å². The van der Waals surface area contributed by atoms with Gasteiger partial charge >= 0.3 is 12.1 Å². The predicted octanol–water partition coefficient (Wildman–Crippen LogP) is 2.76. The van der Waals surface area contributed by atoms with Crippen LogP contribution in [0.2, 0.25) is 0 Å². The second-order valence-electron chi connectivity index (χ2n) is 4.75. The summed E-state index contributed by atoms with van der Waals surface area (Å²) in [5, 5.41) is 2.78. The van der Waals surface area contributed by atoms with Crippen molar-refractivity contribution in [2.45, 2.75) is 62.9 Å². The molecular formula is C13H22BrNO4. The summed E-state index contributed by atoms with van der Waals surface area (Å²) in [6.45, 7) is 3.80. The highest BCUT2D eigenvalue weighted by molar-refractivity contribution is 9.09. The van der Waals surface area contributed by atoms with Crippen LogP contribution in [0, 0.1) is 0 Å². The Balaban J connectivity index is 2.63. The molecule has 0 aliphatic carbocycles. The highest BCUT2D eigenvalue weighted by atomic mass is 79.9. The van der Waals surface area contributed by atoms with Gasteiger partial charge in [0, 0.05) is 18.2 Å². The number of alkyl carbamates (subject to hydrolysis) is 1. The fraction of sp³-hybridized carbons (Fsp3) is 0.846. The van der Waals surface area contributed by atoms with Crippen LogP contribution in [0.5, 0.6) is 0 Å². The van der Waals surface area contributed by atoms with E-state index in [-0.39, 0.29) is 29.5 Å². The van der Waals surface area contributed by atoms with Crippen LogP contribution in [0.1, 0.15) is 46.0 Å². The maximum Gasteiger partial charge on any atom is 0.407 e. The number of unbranched alkanes of at least 4 members (excludes halogenated alkanes) is 2. The van der Waals surface area contributed by atoms with Gasteiger partial charge in [0.05, 0.1) is 12.6 Å². The molecule has 3 atom stereocenters. The van der Waals surface area contributed by atoms with Gasteiger partial charge in [-0.05, 0) is 6.42 Å². The second-order valence-corrected chi connectivity index (χ2v) is 5.93. The molecule has 1 heterocycles. The van der Waals surface area contributed by atoms with E-state index in [1.165, 1.54) is 6.92 Å². The average molecular weight is 336 g/mol. The molecule has 0 saturated carbocycles. The van der Waals surface area contributed by atoms with Crippen LogP contribution in [0.25, 0.3) is 0 Å². The molecule has 0 bridgehead atoms. The highest BCUT2D eigenvalue weighted by Crippen LogP contribution is 2.22. The van der Waals surface area contributed by atoms with Crippen LogP contribution < -0.4 is 5.32 Å². The van der Waals surface area contributed by atoms with E-state index in [1.807, 2.05) is 0 Å². The summed E-state index contributed by atoms with van der Waals surface area (Å²) in [4.78, 5) is 22.7. The van der Waals surface area contributed by atoms with Crippen molar-refractivity contribution in [2.75, 3.05) is 6.61 Å². The third kappa shape index (κ3) is 5.80. The smallest absolute Gasteiger partial charge is 0.407 e. The number of halogens is 1. The van der Waals surface area contributed by atoms with E-state index in [0.29, 0.717) is 6.42 Å². The molecule has 0 aromatic heterocycles. The largest absolute Gasteiger partial charge is 0.460 e. The molecular weight excluding hydrogens is 314 g/mol. The van der Waals surface area contributed by atoms with E-state index in [9.17, 15) is 9.59 Å². The van der Waals surface area contributed by atoms with Crippen molar-refractivity contribution in [3.05, 3.63) is 0 Å². The Bertz CT molecular complexity index is 311. The van der Waals surface area contributed by atoms with Crippen LogP contribution in [-0.4, -0.2) is 35.6 Å². The van der Waals surface area contributed by atoms with Gasteiger partial charge in [0.2, 0.25) is 0 Å². The topological polar surface area (TPSA) is 64.6 Å². The van der Waals surface area contributed by atoms with Crippen LogP contribution in [0.4, 0.5) is 4.79 Å². The van der Waals surface area contributed by atoms with Crippen molar-refractivity contribution in [3.8, 4) is 0 Å². The van der Waals surface area contributed by atoms with E-state index in [0.717, 1.165) is 25.7 Å². The molecule has 1 aliphatic heterocycles. The first-order chi connectivity index (χ1) is 9.04. The molecule has 0 spiro atoms. The zero-order valence-corrected chi connectivity index (χ0v) is 13.1. The first kappa shape index (κ1) is 16.3. The number of hydrogen-bond donors (Lipinski definition) is 1. The first-order valence-corrected chi connectivity index (χ1v) is 7.70. The van der Waals surface area contributed by atoms with Crippen LogP contribution in [-0.2, 0) is 14.3 Å². The third-order valence-electron chi connectivity index (χ3n) is 3.11. The normalized spacial score (nSPS) is 24.9. The van der Waals surface area contributed by atoms with E-state index >= 15 is 0 Å². The van der Waals surface area contributed by atoms with Crippen molar-refractivity contribution in [1.29, 1.82) is 0 Å². The maximum absolute atomic E-state index is 11.5. The molecule has 1 aliphatic rings. The Hall–Kier alpha value is -0.780. The summed E-state index contributed by atoms with van der Waals surface area (Å²) in [5.41, 5.74) is 0. The Kier molecular flexibility index (Phi) is 7.20. The third-order valence-corrected chi connectivity index (χ3v) is 4.14. The fourth-order valence-corrected chi connectivity index (χ4v) is 2.95. The Labute approximate surface area is 122 Å². The minimum absolute atomic E-state index is 0.0778. The molecule has 5 nitrogen and oxygen atoms in total. The number of alkyl halides is 1. The van der Waals surface area contributed by atoms with Gasteiger partial charge in [0.1, 0.15) is 6.10 Å². The number of carbonyl (C=O) groups excluding carboxylic acids is 2. The summed E-state index contributed by atoms with van der Waals surface area (Å²) < 4.78 is 10.3. The second kappa shape index (κ2) is 8.40. The monoisotopic (exact) mass is 335 g/mol. The van der Waals surface area contributed by atoms with Crippen LogP contribution >= 0.6 is 15.9 Å².